The van der Waals surface area contributed by atoms with Crippen LogP contribution in [0, 0.1) is 0 Å². The first-order valence-corrected chi connectivity index (χ1v) is 7.41. The molecule has 0 bridgehead atoms. The Kier molecular flexibility index (Phi) is 5.74. The molecule has 18 heavy (non-hydrogen) atoms. The van der Waals surface area contributed by atoms with Gasteiger partial charge in [-0.3, -0.25) is 0 Å². The molecular formula is C12H20N2O3S. The second-order valence-corrected chi connectivity index (χ2v) is 5.70. The van der Waals surface area contributed by atoms with Crippen molar-refractivity contribution in [3.05, 3.63) is 29.8 Å². The summed E-state index contributed by atoms with van der Waals surface area (Å²) < 4.78 is 27.7. The van der Waals surface area contributed by atoms with Crippen molar-refractivity contribution in [1.82, 2.24) is 5.32 Å². The van der Waals surface area contributed by atoms with E-state index in [0.29, 0.717) is 19.8 Å². The van der Waals surface area contributed by atoms with Crippen LogP contribution in [-0.4, -0.2) is 27.7 Å². The lowest BCUT2D eigenvalue weighted by Gasteiger charge is -2.13. The Labute approximate surface area is 108 Å². The molecule has 0 fully saturated rings. The van der Waals surface area contributed by atoms with Crippen LogP contribution < -0.4 is 10.5 Å². The molecule has 0 spiro atoms. The lowest BCUT2D eigenvalue weighted by atomic mass is 10.2. The summed E-state index contributed by atoms with van der Waals surface area (Å²) in [5.41, 5.74) is 0.880. The van der Waals surface area contributed by atoms with Crippen molar-refractivity contribution in [3.8, 4) is 0 Å². The number of rotatable bonds is 7. The summed E-state index contributed by atoms with van der Waals surface area (Å²) in [5.74, 6) is 0. The third-order valence-corrected chi connectivity index (χ3v) is 3.36. The second-order valence-electron chi connectivity index (χ2n) is 4.13. The summed E-state index contributed by atoms with van der Waals surface area (Å²) >= 11 is 0. The highest BCUT2D eigenvalue weighted by Crippen LogP contribution is 2.09. The first-order valence-electron chi connectivity index (χ1n) is 5.86. The maximum absolute atomic E-state index is 11.2. The first kappa shape index (κ1) is 15.1. The van der Waals surface area contributed by atoms with E-state index in [4.69, 9.17) is 9.88 Å². The van der Waals surface area contributed by atoms with E-state index in [0.717, 1.165) is 5.56 Å². The fourth-order valence-electron chi connectivity index (χ4n) is 1.48. The van der Waals surface area contributed by atoms with Crippen LogP contribution in [0.4, 0.5) is 0 Å². The van der Waals surface area contributed by atoms with Gasteiger partial charge in [0.2, 0.25) is 10.0 Å². The number of hydrogen-bond donors (Lipinski definition) is 2. The van der Waals surface area contributed by atoms with E-state index >= 15 is 0 Å². The summed E-state index contributed by atoms with van der Waals surface area (Å²) in [6.45, 7) is 5.86. The minimum atomic E-state index is -3.63. The Morgan fingerprint density at radius 3 is 2.78 bits per heavy atom. The van der Waals surface area contributed by atoms with Gasteiger partial charge in [0.1, 0.15) is 0 Å². The Morgan fingerprint density at radius 2 is 2.17 bits per heavy atom. The monoisotopic (exact) mass is 272 g/mol. The maximum Gasteiger partial charge on any atom is 0.238 e. The Bertz CT molecular complexity index is 474. The Hall–Kier alpha value is -0.950. The van der Waals surface area contributed by atoms with E-state index in [1.54, 1.807) is 12.1 Å². The van der Waals surface area contributed by atoms with Crippen molar-refractivity contribution in [2.45, 2.75) is 31.3 Å². The zero-order valence-corrected chi connectivity index (χ0v) is 11.5. The van der Waals surface area contributed by atoms with Gasteiger partial charge in [0.15, 0.2) is 0 Å². The van der Waals surface area contributed by atoms with E-state index in [9.17, 15) is 8.42 Å². The van der Waals surface area contributed by atoms with Gasteiger partial charge in [-0.1, -0.05) is 12.1 Å². The van der Waals surface area contributed by atoms with Crippen LogP contribution in [0.5, 0.6) is 0 Å². The summed E-state index contributed by atoms with van der Waals surface area (Å²) in [4.78, 5) is 0.138. The average Bonchev–Trinajstić information content (AvgIpc) is 2.33. The number of hydrogen-bond acceptors (Lipinski definition) is 4. The van der Waals surface area contributed by atoms with E-state index in [-0.39, 0.29) is 10.9 Å². The normalized spacial score (nSPS) is 13.5. The molecule has 0 aromatic heterocycles. The smallest absolute Gasteiger partial charge is 0.238 e. The van der Waals surface area contributed by atoms with Crippen LogP contribution in [0.2, 0.25) is 0 Å². The average molecular weight is 272 g/mol. The van der Waals surface area contributed by atoms with Crippen LogP contribution in [0.1, 0.15) is 19.4 Å². The molecule has 0 aliphatic carbocycles. The predicted octanol–water partition coefficient (Wildman–Crippen LogP) is 0.849. The van der Waals surface area contributed by atoms with Gasteiger partial charge in [-0.25, -0.2) is 13.6 Å². The third-order valence-electron chi connectivity index (χ3n) is 2.45. The van der Waals surface area contributed by atoms with E-state index < -0.39 is 10.0 Å². The molecule has 1 atom stereocenters. The minimum Gasteiger partial charge on any atom is -0.380 e. The fraction of sp³-hybridized carbons (Fsp3) is 0.500. The topological polar surface area (TPSA) is 81.4 Å². The standard InChI is InChI=1S/C12H20N2O3S/c1-3-17-9-10(2)14-8-11-5-4-6-12(7-11)18(13,15)16/h4-7,10,14H,3,8-9H2,1-2H3,(H2,13,15,16). The summed E-state index contributed by atoms with van der Waals surface area (Å²) in [6, 6.07) is 6.82. The van der Waals surface area contributed by atoms with E-state index in [2.05, 4.69) is 5.32 Å². The number of sulfonamides is 1. The number of nitrogens with two attached hydrogens (primary N) is 1. The molecule has 0 aliphatic heterocycles. The van der Waals surface area contributed by atoms with Gasteiger partial charge in [0, 0.05) is 19.2 Å². The van der Waals surface area contributed by atoms with Crippen molar-refractivity contribution < 1.29 is 13.2 Å². The van der Waals surface area contributed by atoms with Crippen molar-refractivity contribution in [3.63, 3.8) is 0 Å². The molecular weight excluding hydrogens is 252 g/mol. The van der Waals surface area contributed by atoms with E-state index in [1.807, 2.05) is 19.9 Å². The fourth-order valence-corrected chi connectivity index (χ4v) is 2.06. The molecule has 6 heteroatoms. The van der Waals surface area contributed by atoms with Gasteiger partial charge in [-0.15, -0.1) is 0 Å². The highest BCUT2D eigenvalue weighted by atomic mass is 32.2. The van der Waals surface area contributed by atoms with Gasteiger partial charge < -0.3 is 10.1 Å². The number of benzene rings is 1. The zero-order chi connectivity index (χ0) is 13.6. The summed E-state index contributed by atoms with van der Waals surface area (Å²) in [5, 5.41) is 8.33. The lowest BCUT2D eigenvalue weighted by Crippen LogP contribution is -2.30. The quantitative estimate of drug-likeness (QED) is 0.771. The molecule has 1 aromatic rings. The Morgan fingerprint density at radius 1 is 1.44 bits per heavy atom. The molecule has 0 heterocycles. The SMILES string of the molecule is CCOCC(C)NCc1cccc(S(N)(=O)=O)c1. The van der Waals surface area contributed by atoms with Gasteiger partial charge in [-0.05, 0) is 31.5 Å². The molecule has 1 rings (SSSR count). The van der Waals surface area contributed by atoms with Crippen LogP contribution in [0.3, 0.4) is 0 Å². The summed E-state index contributed by atoms with van der Waals surface area (Å²) in [6.07, 6.45) is 0. The maximum atomic E-state index is 11.2. The number of primary sulfonamides is 1. The predicted molar refractivity (Wildman–Crippen MR) is 70.6 cm³/mol. The van der Waals surface area contributed by atoms with Crippen LogP contribution in [-0.2, 0) is 21.3 Å². The molecule has 5 nitrogen and oxygen atoms in total. The molecule has 1 unspecified atom stereocenters. The molecule has 0 aliphatic rings. The molecule has 102 valence electrons. The minimum absolute atomic E-state index is 0.138. The molecule has 0 saturated heterocycles. The Balaban J connectivity index is 2.58. The molecule has 1 aromatic carbocycles. The molecule has 0 amide bonds. The van der Waals surface area contributed by atoms with Crippen LogP contribution in [0.15, 0.2) is 29.2 Å². The third kappa shape index (κ3) is 5.14. The largest absolute Gasteiger partial charge is 0.380 e. The number of nitrogens with one attached hydrogen (secondary N) is 1. The lowest BCUT2D eigenvalue weighted by molar-refractivity contribution is 0.127. The van der Waals surface area contributed by atoms with Crippen molar-refractivity contribution >= 4 is 10.0 Å². The highest BCUT2D eigenvalue weighted by molar-refractivity contribution is 7.89. The van der Waals surface area contributed by atoms with Crippen molar-refractivity contribution in [2.75, 3.05) is 13.2 Å². The molecule has 0 saturated carbocycles. The van der Waals surface area contributed by atoms with Crippen molar-refractivity contribution in [1.29, 1.82) is 0 Å². The molecule has 0 radical (unpaired) electrons. The van der Waals surface area contributed by atoms with Gasteiger partial charge in [0.25, 0.3) is 0 Å². The van der Waals surface area contributed by atoms with Gasteiger partial charge >= 0.3 is 0 Å². The van der Waals surface area contributed by atoms with E-state index in [1.165, 1.54) is 6.07 Å². The summed E-state index contributed by atoms with van der Waals surface area (Å²) in [7, 11) is -3.63. The van der Waals surface area contributed by atoms with Gasteiger partial charge in [-0.2, -0.15) is 0 Å². The van der Waals surface area contributed by atoms with Crippen molar-refractivity contribution in [2.24, 2.45) is 5.14 Å². The second kappa shape index (κ2) is 6.84. The zero-order valence-electron chi connectivity index (χ0n) is 10.7. The number of ether oxygens (including phenoxy) is 1. The van der Waals surface area contributed by atoms with Gasteiger partial charge in [0.05, 0.1) is 11.5 Å². The van der Waals surface area contributed by atoms with Crippen LogP contribution >= 0.6 is 0 Å². The van der Waals surface area contributed by atoms with Crippen LogP contribution in [0.25, 0.3) is 0 Å². The molecule has 3 N–H and O–H groups in total. The first-order chi connectivity index (χ1) is 8.43. The highest BCUT2D eigenvalue weighted by Gasteiger charge is 2.08.